The number of rotatable bonds is 0. The zero-order valence-corrected chi connectivity index (χ0v) is 12.0. The number of carbonyl (C=O) groups is 2. The number of piperidine rings is 1. The predicted octanol–water partition coefficient (Wildman–Crippen LogP) is 2.49. The van der Waals surface area contributed by atoms with Crippen LogP contribution < -0.4 is 0 Å². The first kappa shape index (κ1) is 12.9. The van der Waals surface area contributed by atoms with Crippen molar-refractivity contribution in [1.82, 2.24) is 4.90 Å². The molecule has 0 saturated carbocycles. The molecule has 2 fully saturated rings. The molecular formula is C12H18BrNO3. The number of amides is 1. The Morgan fingerprint density at radius 2 is 2.06 bits per heavy atom. The molecular weight excluding hydrogens is 286 g/mol. The summed E-state index contributed by atoms with van der Waals surface area (Å²) in [5.41, 5.74) is -0.486. The molecule has 2 rings (SSSR count). The van der Waals surface area contributed by atoms with Gasteiger partial charge in [-0.05, 0) is 33.6 Å². The summed E-state index contributed by atoms with van der Waals surface area (Å²) in [4.78, 5) is 25.3. The summed E-state index contributed by atoms with van der Waals surface area (Å²) in [5.74, 6) is 0.206. The van der Waals surface area contributed by atoms with Crippen LogP contribution >= 0.6 is 15.9 Å². The van der Waals surface area contributed by atoms with Crippen molar-refractivity contribution in [2.24, 2.45) is 0 Å². The summed E-state index contributed by atoms with van der Waals surface area (Å²) < 4.78 is 5.40. The van der Waals surface area contributed by atoms with Gasteiger partial charge in [0.1, 0.15) is 5.60 Å². The third-order valence-corrected chi connectivity index (χ3v) is 4.35. The number of hydrogen-bond donors (Lipinski definition) is 0. The molecule has 0 aliphatic carbocycles. The third kappa shape index (κ3) is 2.49. The molecule has 0 aromatic carbocycles. The average Bonchev–Trinajstić information content (AvgIpc) is 2.51. The summed E-state index contributed by atoms with van der Waals surface area (Å²) in [5, 5.41) is 0. The molecule has 96 valence electrons. The minimum atomic E-state index is -0.486. The molecule has 2 bridgehead atoms. The Morgan fingerprint density at radius 3 is 2.65 bits per heavy atom. The van der Waals surface area contributed by atoms with E-state index >= 15 is 0 Å². The van der Waals surface area contributed by atoms with E-state index in [0.29, 0.717) is 6.42 Å². The second kappa shape index (κ2) is 4.26. The van der Waals surface area contributed by atoms with Crippen molar-refractivity contribution >= 4 is 27.8 Å². The number of ether oxygens (including phenoxy) is 1. The summed E-state index contributed by atoms with van der Waals surface area (Å²) in [6.45, 7) is 5.56. The maximum Gasteiger partial charge on any atom is 0.410 e. The Morgan fingerprint density at radius 1 is 1.41 bits per heavy atom. The quantitative estimate of drug-likeness (QED) is 0.646. The molecule has 2 aliphatic rings. The Kier molecular flexibility index (Phi) is 3.23. The van der Waals surface area contributed by atoms with Gasteiger partial charge in [0.2, 0.25) is 0 Å². The molecule has 3 atom stereocenters. The van der Waals surface area contributed by atoms with E-state index < -0.39 is 5.60 Å². The fourth-order valence-corrected chi connectivity index (χ4v) is 3.26. The highest BCUT2D eigenvalue weighted by atomic mass is 79.9. The van der Waals surface area contributed by atoms with Gasteiger partial charge in [0, 0.05) is 12.5 Å². The van der Waals surface area contributed by atoms with Crippen LogP contribution in [0.4, 0.5) is 4.79 Å². The van der Waals surface area contributed by atoms with E-state index in [1.165, 1.54) is 0 Å². The molecule has 4 nitrogen and oxygen atoms in total. The van der Waals surface area contributed by atoms with Crippen LogP contribution in [0.15, 0.2) is 0 Å². The van der Waals surface area contributed by atoms with Crippen molar-refractivity contribution < 1.29 is 14.3 Å². The van der Waals surface area contributed by atoms with Gasteiger partial charge in [-0.25, -0.2) is 4.79 Å². The average molecular weight is 304 g/mol. The summed E-state index contributed by atoms with van der Waals surface area (Å²) in [6.07, 6.45) is 1.94. The number of halogens is 1. The SMILES string of the molecule is CC(C)(C)OC(=O)N1[C@@H]2CC[C@H]1[C@H](Br)C(=O)C2. The van der Waals surface area contributed by atoms with Gasteiger partial charge < -0.3 is 9.64 Å². The molecule has 17 heavy (non-hydrogen) atoms. The van der Waals surface area contributed by atoms with Crippen LogP contribution in [-0.2, 0) is 9.53 Å². The van der Waals surface area contributed by atoms with Crippen LogP contribution in [0.25, 0.3) is 0 Å². The first-order chi connectivity index (χ1) is 7.79. The van der Waals surface area contributed by atoms with E-state index in [2.05, 4.69) is 15.9 Å². The lowest BCUT2D eigenvalue weighted by Gasteiger charge is -2.37. The van der Waals surface area contributed by atoms with Gasteiger partial charge >= 0.3 is 6.09 Å². The standard InChI is InChI=1S/C12H18BrNO3/c1-12(2,3)17-11(16)14-7-4-5-8(14)10(13)9(15)6-7/h7-8,10H,4-6H2,1-3H3/t7-,8+,10+/m1/s1. The highest BCUT2D eigenvalue weighted by Crippen LogP contribution is 2.38. The number of alkyl halides is 1. The van der Waals surface area contributed by atoms with Crippen molar-refractivity contribution in [3.05, 3.63) is 0 Å². The third-order valence-electron chi connectivity index (χ3n) is 3.23. The van der Waals surface area contributed by atoms with Crippen molar-refractivity contribution in [1.29, 1.82) is 0 Å². The van der Waals surface area contributed by atoms with Crippen LogP contribution in [0.3, 0.4) is 0 Å². The van der Waals surface area contributed by atoms with Gasteiger partial charge in [-0.2, -0.15) is 0 Å². The largest absolute Gasteiger partial charge is 0.444 e. The van der Waals surface area contributed by atoms with E-state index in [9.17, 15) is 9.59 Å². The number of nitrogens with zero attached hydrogens (tertiary/aromatic N) is 1. The highest BCUT2D eigenvalue weighted by molar-refractivity contribution is 9.10. The topological polar surface area (TPSA) is 46.6 Å². The van der Waals surface area contributed by atoms with Gasteiger partial charge in [-0.1, -0.05) is 15.9 Å². The van der Waals surface area contributed by atoms with E-state index in [0.717, 1.165) is 12.8 Å². The first-order valence-corrected chi connectivity index (χ1v) is 6.89. The zero-order valence-electron chi connectivity index (χ0n) is 10.4. The summed E-state index contributed by atoms with van der Waals surface area (Å²) >= 11 is 3.40. The fourth-order valence-electron chi connectivity index (χ4n) is 2.56. The Bertz CT molecular complexity index is 350. The monoisotopic (exact) mass is 303 g/mol. The lowest BCUT2D eigenvalue weighted by atomic mass is 10.0. The molecule has 2 aliphatic heterocycles. The number of carbonyl (C=O) groups excluding carboxylic acids is 2. The zero-order chi connectivity index (χ0) is 12.8. The number of ketones is 1. The second-order valence-corrected chi connectivity index (χ2v) is 6.74. The molecule has 2 saturated heterocycles. The Labute approximate surface area is 110 Å². The molecule has 0 radical (unpaired) electrons. The minimum Gasteiger partial charge on any atom is -0.444 e. The second-order valence-electron chi connectivity index (χ2n) is 5.76. The molecule has 0 aromatic heterocycles. The molecule has 0 spiro atoms. The van der Waals surface area contributed by atoms with Gasteiger partial charge in [0.15, 0.2) is 5.78 Å². The van der Waals surface area contributed by atoms with Gasteiger partial charge in [0.25, 0.3) is 0 Å². The molecule has 1 amide bonds. The maximum absolute atomic E-state index is 12.1. The highest BCUT2D eigenvalue weighted by Gasteiger charge is 2.49. The van der Waals surface area contributed by atoms with Gasteiger partial charge in [0.05, 0.1) is 10.9 Å². The van der Waals surface area contributed by atoms with E-state index in [-0.39, 0.29) is 28.8 Å². The van der Waals surface area contributed by atoms with Crippen LogP contribution in [0.2, 0.25) is 0 Å². The summed E-state index contributed by atoms with van der Waals surface area (Å²) in [6, 6.07) is 0.00671. The Balaban J connectivity index is 2.12. The minimum absolute atomic E-state index is 0.0314. The molecule has 0 N–H and O–H groups in total. The van der Waals surface area contributed by atoms with Crippen LogP contribution in [-0.4, -0.2) is 39.3 Å². The molecule has 2 heterocycles. The van der Waals surface area contributed by atoms with Crippen molar-refractivity contribution in [2.45, 2.75) is 62.5 Å². The van der Waals surface area contributed by atoms with Crippen LogP contribution in [0, 0.1) is 0 Å². The van der Waals surface area contributed by atoms with Gasteiger partial charge in [-0.3, -0.25) is 4.79 Å². The smallest absolute Gasteiger partial charge is 0.410 e. The lowest BCUT2D eigenvalue weighted by molar-refractivity contribution is -0.122. The first-order valence-electron chi connectivity index (χ1n) is 5.98. The van der Waals surface area contributed by atoms with Crippen molar-refractivity contribution in [3.63, 3.8) is 0 Å². The van der Waals surface area contributed by atoms with E-state index in [4.69, 9.17) is 4.74 Å². The maximum atomic E-state index is 12.1. The normalized spacial score (nSPS) is 32.8. The van der Waals surface area contributed by atoms with E-state index in [1.54, 1.807) is 4.90 Å². The molecule has 0 unspecified atom stereocenters. The lowest BCUT2D eigenvalue weighted by Crippen LogP contribution is -2.53. The Hall–Kier alpha value is -0.580. The molecule has 5 heteroatoms. The van der Waals surface area contributed by atoms with E-state index in [1.807, 2.05) is 20.8 Å². The van der Waals surface area contributed by atoms with Crippen LogP contribution in [0.5, 0.6) is 0 Å². The predicted molar refractivity (Wildman–Crippen MR) is 67.2 cm³/mol. The van der Waals surface area contributed by atoms with Crippen molar-refractivity contribution in [3.8, 4) is 0 Å². The molecule has 0 aromatic rings. The van der Waals surface area contributed by atoms with Crippen molar-refractivity contribution in [2.75, 3.05) is 0 Å². The number of fused-ring (bicyclic) bond motifs is 2. The number of hydrogen-bond acceptors (Lipinski definition) is 3. The van der Waals surface area contributed by atoms with Gasteiger partial charge in [-0.15, -0.1) is 0 Å². The van der Waals surface area contributed by atoms with Crippen LogP contribution in [0.1, 0.15) is 40.0 Å². The summed E-state index contributed by atoms with van der Waals surface area (Å²) in [7, 11) is 0. The fraction of sp³-hybridized carbons (Fsp3) is 0.833. The number of Topliss-reactive ketones (excluding diaryl/α,β-unsaturated/α-hetero) is 1.